The van der Waals surface area contributed by atoms with E-state index in [1.165, 1.54) is 11.0 Å². The number of likely N-dealkylation sites (N-methyl/N-ethyl adjacent to an activating group) is 1. The highest BCUT2D eigenvalue weighted by atomic mass is 32.2. The molecule has 9 nitrogen and oxygen atoms in total. The van der Waals surface area contributed by atoms with E-state index in [0.717, 1.165) is 6.26 Å². The van der Waals surface area contributed by atoms with Crippen molar-refractivity contribution in [1.29, 1.82) is 0 Å². The third kappa shape index (κ3) is 6.57. The van der Waals surface area contributed by atoms with E-state index in [1.54, 1.807) is 31.2 Å². The Balaban J connectivity index is 2.48. The molecule has 10 heteroatoms. The van der Waals surface area contributed by atoms with E-state index in [2.05, 4.69) is 4.72 Å². The molecule has 31 heavy (non-hydrogen) atoms. The first-order valence-electron chi connectivity index (χ1n) is 10.3. The van der Waals surface area contributed by atoms with Crippen LogP contribution in [-0.4, -0.2) is 82.3 Å². The van der Waals surface area contributed by atoms with Crippen molar-refractivity contribution in [2.45, 2.75) is 39.3 Å². The van der Waals surface area contributed by atoms with E-state index in [0.29, 0.717) is 25.3 Å². The van der Waals surface area contributed by atoms with Crippen LogP contribution in [-0.2, 0) is 19.6 Å². The second-order valence-corrected chi connectivity index (χ2v) is 9.83. The second kappa shape index (κ2) is 10.3. The molecule has 1 aromatic rings. The molecule has 0 saturated carbocycles. The maximum Gasteiger partial charge on any atom is 0.257 e. The Hall–Kier alpha value is -2.33. The summed E-state index contributed by atoms with van der Waals surface area (Å²) in [6.45, 7) is 6.70. The van der Waals surface area contributed by atoms with Crippen LogP contribution in [0.15, 0.2) is 18.2 Å². The smallest absolute Gasteiger partial charge is 0.257 e. The SMILES string of the molecule is CCC(=O)N1C[C@H](C)[C@H](OC)CN(C)C(=O)c2cc(NS(C)(=O)=O)ccc2OC[C@H]1C. The summed E-state index contributed by atoms with van der Waals surface area (Å²) in [6.07, 6.45) is 1.14. The molecule has 1 aromatic carbocycles. The monoisotopic (exact) mass is 455 g/mol. The molecule has 0 radical (unpaired) electrons. The van der Waals surface area contributed by atoms with Gasteiger partial charge in [-0.15, -0.1) is 0 Å². The average molecular weight is 456 g/mol. The number of anilines is 1. The quantitative estimate of drug-likeness (QED) is 0.742. The molecule has 0 saturated heterocycles. The summed E-state index contributed by atoms with van der Waals surface area (Å²) in [5.41, 5.74) is 0.506. The Labute approximate surface area is 184 Å². The Morgan fingerprint density at radius 2 is 1.97 bits per heavy atom. The molecule has 2 amide bonds. The van der Waals surface area contributed by atoms with Gasteiger partial charge in [-0.1, -0.05) is 13.8 Å². The highest BCUT2D eigenvalue weighted by Crippen LogP contribution is 2.27. The summed E-state index contributed by atoms with van der Waals surface area (Å²) >= 11 is 0. The number of methoxy groups -OCH3 is 1. The normalized spacial score (nSPS) is 23.3. The molecule has 0 spiro atoms. The van der Waals surface area contributed by atoms with Crippen LogP contribution >= 0.6 is 0 Å². The number of carbonyl (C=O) groups excluding carboxylic acids is 2. The lowest BCUT2D eigenvalue weighted by Gasteiger charge is -2.36. The van der Waals surface area contributed by atoms with Gasteiger partial charge in [0.25, 0.3) is 5.91 Å². The van der Waals surface area contributed by atoms with Gasteiger partial charge in [-0.2, -0.15) is 0 Å². The van der Waals surface area contributed by atoms with Crippen LogP contribution in [0.4, 0.5) is 5.69 Å². The Kier molecular flexibility index (Phi) is 8.30. The molecule has 1 aliphatic heterocycles. The van der Waals surface area contributed by atoms with E-state index >= 15 is 0 Å². The molecular weight excluding hydrogens is 422 g/mol. The topological polar surface area (TPSA) is 105 Å². The number of benzene rings is 1. The van der Waals surface area contributed by atoms with Crippen molar-refractivity contribution in [2.75, 3.05) is 44.8 Å². The molecule has 2 rings (SSSR count). The van der Waals surface area contributed by atoms with Crippen LogP contribution < -0.4 is 9.46 Å². The maximum absolute atomic E-state index is 13.2. The maximum atomic E-state index is 13.2. The van der Waals surface area contributed by atoms with Crippen molar-refractivity contribution < 1.29 is 27.5 Å². The molecule has 0 bridgehead atoms. The van der Waals surface area contributed by atoms with Crippen LogP contribution in [0.25, 0.3) is 0 Å². The zero-order chi connectivity index (χ0) is 23.3. The molecule has 174 valence electrons. The van der Waals surface area contributed by atoms with E-state index in [4.69, 9.17) is 9.47 Å². The largest absolute Gasteiger partial charge is 0.491 e. The third-order valence-electron chi connectivity index (χ3n) is 5.37. The van der Waals surface area contributed by atoms with Gasteiger partial charge in [0.05, 0.1) is 24.0 Å². The lowest BCUT2D eigenvalue weighted by Crippen LogP contribution is -2.48. The number of hydrogen-bond donors (Lipinski definition) is 1. The summed E-state index contributed by atoms with van der Waals surface area (Å²) in [5, 5.41) is 0. The molecule has 3 atom stereocenters. The number of hydrogen-bond acceptors (Lipinski definition) is 6. The van der Waals surface area contributed by atoms with Crippen molar-refractivity contribution in [1.82, 2.24) is 9.80 Å². The number of nitrogens with one attached hydrogen (secondary N) is 1. The first-order valence-corrected chi connectivity index (χ1v) is 12.2. The predicted molar refractivity (Wildman–Crippen MR) is 119 cm³/mol. The molecule has 0 aromatic heterocycles. The summed E-state index contributed by atoms with van der Waals surface area (Å²) in [6, 6.07) is 4.35. The zero-order valence-corrected chi connectivity index (χ0v) is 19.9. The summed E-state index contributed by atoms with van der Waals surface area (Å²) < 4.78 is 37.2. The standard InChI is InChI=1S/C21H33N3O6S/c1-7-20(25)24-11-14(2)19(29-5)12-23(4)21(26)17-10-16(22-31(6,27)28)8-9-18(17)30-13-15(24)3/h8-10,14-15,19,22H,7,11-13H2,1-6H3/t14-,15+,19+/m0/s1. The van der Waals surface area contributed by atoms with E-state index in [-0.39, 0.29) is 47.7 Å². The molecule has 0 fully saturated rings. The minimum atomic E-state index is -3.50. The first-order chi connectivity index (χ1) is 14.5. The molecule has 0 unspecified atom stereocenters. The van der Waals surface area contributed by atoms with Crippen molar-refractivity contribution in [2.24, 2.45) is 5.92 Å². The van der Waals surface area contributed by atoms with Gasteiger partial charge in [0.2, 0.25) is 15.9 Å². The number of sulfonamides is 1. The highest BCUT2D eigenvalue weighted by molar-refractivity contribution is 7.92. The number of fused-ring (bicyclic) bond motifs is 1. The van der Waals surface area contributed by atoms with Crippen molar-refractivity contribution in [3.8, 4) is 5.75 Å². The van der Waals surface area contributed by atoms with Crippen LogP contribution in [0.2, 0.25) is 0 Å². The zero-order valence-electron chi connectivity index (χ0n) is 19.0. The van der Waals surface area contributed by atoms with Crippen molar-refractivity contribution in [3.63, 3.8) is 0 Å². The fourth-order valence-corrected chi connectivity index (χ4v) is 4.16. The Morgan fingerprint density at radius 1 is 1.29 bits per heavy atom. The van der Waals surface area contributed by atoms with Crippen LogP contribution in [0.1, 0.15) is 37.6 Å². The average Bonchev–Trinajstić information content (AvgIpc) is 2.71. The number of nitrogens with zero attached hydrogens (tertiary/aromatic N) is 2. The fourth-order valence-electron chi connectivity index (χ4n) is 3.60. The summed E-state index contributed by atoms with van der Waals surface area (Å²) in [4.78, 5) is 29.1. The van der Waals surface area contributed by atoms with E-state index in [9.17, 15) is 18.0 Å². The van der Waals surface area contributed by atoms with Gasteiger partial charge in [-0.05, 0) is 25.1 Å². The van der Waals surface area contributed by atoms with Crippen molar-refractivity contribution in [3.05, 3.63) is 23.8 Å². The molecular formula is C21H33N3O6S. The van der Waals surface area contributed by atoms with E-state index < -0.39 is 10.0 Å². The van der Waals surface area contributed by atoms with Gasteiger partial charge in [0.15, 0.2) is 0 Å². The van der Waals surface area contributed by atoms with Gasteiger partial charge in [0, 0.05) is 45.3 Å². The molecule has 0 aliphatic carbocycles. The number of rotatable bonds is 4. The van der Waals surface area contributed by atoms with Gasteiger partial charge >= 0.3 is 0 Å². The minimum Gasteiger partial charge on any atom is -0.491 e. The lowest BCUT2D eigenvalue weighted by atomic mass is 10.0. The third-order valence-corrected chi connectivity index (χ3v) is 5.98. The van der Waals surface area contributed by atoms with Gasteiger partial charge in [0.1, 0.15) is 12.4 Å². The first kappa shape index (κ1) is 24.9. The Morgan fingerprint density at radius 3 is 2.55 bits per heavy atom. The van der Waals surface area contributed by atoms with Gasteiger partial charge < -0.3 is 19.3 Å². The Bertz CT molecular complexity index is 904. The van der Waals surface area contributed by atoms with Crippen LogP contribution in [0.3, 0.4) is 0 Å². The number of ether oxygens (including phenoxy) is 2. The van der Waals surface area contributed by atoms with E-state index in [1.807, 2.05) is 20.8 Å². The van der Waals surface area contributed by atoms with Crippen molar-refractivity contribution >= 4 is 27.5 Å². The minimum absolute atomic E-state index is 0.0182. The fraction of sp³-hybridized carbons (Fsp3) is 0.619. The molecule has 1 aliphatic rings. The summed E-state index contributed by atoms with van der Waals surface area (Å²) in [7, 11) is -0.256. The van der Waals surface area contributed by atoms with Gasteiger partial charge in [-0.25, -0.2) is 8.42 Å². The van der Waals surface area contributed by atoms with Gasteiger partial charge in [-0.3, -0.25) is 14.3 Å². The molecule has 1 N–H and O–H groups in total. The van der Waals surface area contributed by atoms with Crippen LogP contribution in [0, 0.1) is 5.92 Å². The predicted octanol–water partition coefficient (Wildman–Crippen LogP) is 1.80. The second-order valence-electron chi connectivity index (χ2n) is 8.08. The highest BCUT2D eigenvalue weighted by Gasteiger charge is 2.30. The lowest BCUT2D eigenvalue weighted by molar-refractivity contribution is -0.135. The number of carbonyl (C=O) groups is 2. The molecule has 1 heterocycles. The summed E-state index contributed by atoms with van der Waals surface area (Å²) in [5.74, 6) is 0.0212. The van der Waals surface area contributed by atoms with Crippen LogP contribution in [0.5, 0.6) is 5.75 Å². The number of amides is 2.